The molecule has 1 amide bonds. The van der Waals surface area contributed by atoms with Gasteiger partial charge in [0.25, 0.3) is 0 Å². The quantitative estimate of drug-likeness (QED) is 0.344. The number of alkyl carbamates (subject to hydrolysis) is 1. The van der Waals surface area contributed by atoms with Crippen LogP contribution in [0.4, 0.5) is 4.79 Å². The van der Waals surface area contributed by atoms with Gasteiger partial charge in [0.2, 0.25) is 0 Å². The Balaban J connectivity index is 2.49. The minimum absolute atomic E-state index is 0.169. The molecule has 170 valence electrons. The van der Waals surface area contributed by atoms with Crippen LogP contribution >= 0.6 is 0 Å². The lowest BCUT2D eigenvalue weighted by molar-refractivity contribution is 0.0490. The van der Waals surface area contributed by atoms with Crippen molar-refractivity contribution in [2.24, 2.45) is 16.8 Å². The van der Waals surface area contributed by atoms with Crippen LogP contribution < -0.4 is 16.0 Å². The molecular formula is C22H44N4O3. The van der Waals surface area contributed by atoms with Crippen LogP contribution in [0.15, 0.2) is 4.99 Å². The summed E-state index contributed by atoms with van der Waals surface area (Å²) in [6, 6.07) is 0.522. The number of guanidine groups is 1. The first-order chi connectivity index (χ1) is 13.6. The van der Waals surface area contributed by atoms with Gasteiger partial charge in [-0.25, -0.2) is 4.79 Å². The molecule has 0 aromatic heterocycles. The molecule has 1 unspecified atom stereocenters. The average Bonchev–Trinajstić information content (AvgIpc) is 2.59. The molecule has 7 heteroatoms. The van der Waals surface area contributed by atoms with Crippen molar-refractivity contribution >= 4 is 12.1 Å². The summed E-state index contributed by atoms with van der Waals surface area (Å²) in [6.07, 6.45) is 5.36. The second-order valence-electron chi connectivity index (χ2n) is 9.57. The number of aliphatic imine (C=N–C) groups is 1. The number of rotatable bonds is 9. The Kier molecular flexibility index (Phi) is 11.4. The highest BCUT2D eigenvalue weighted by Gasteiger charge is 2.25. The number of aliphatic hydroxyl groups excluding tert-OH is 1. The first-order valence-corrected chi connectivity index (χ1v) is 11.3. The lowest BCUT2D eigenvalue weighted by Gasteiger charge is -2.31. The third kappa shape index (κ3) is 11.9. The SMILES string of the molecule is CCNC(=NCC(CCO)CC(C)C)NC1CCC(NC(=O)OC(C)(C)C)CC1. The predicted molar refractivity (Wildman–Crippen MR) is 119 cm³/mol. The van der Waals surface area contributed by atoms with Crippen molar-refractivity contribution in [3.8, 4) is 0 Å². The summed E-state index contributed by atoms with van der Waals surface area (Å²) in [5.74, 6) is 1.86. The van der Waals surface area contributed by atoms with Crippen LogP contribution in [0.25, 0.3) is 0 Å². The Morgan fingerprint density at radius 1 is 1.14 bits per heavy atom. The molecule has 0 aromatic carbocycles. The van der Waals surface area contributed by atoms with E-state index in [-0.39, 0.29) is 18.7 Å². The van der Waals surface area contributed by atoms with Gasteiger partial charge in [-0.05, 0) is 78.1 Å². The number of carbonyl (C=O) groups excluding carboxylic acids is 1. The zero-order chi connectivity index (χ0) is 21.9. The topological polar surface area (TPSA) is 95.0 Å². The van der Waals surface area contributed by atoms with E-state index in [4.69, 9.17) is 9.73 Å². The Hall–Kier alpha value is -1.50. The Morgan fingerprint density at radius 3 is 2.21 bits per heavy atom. The molecule has 0 aromatic rings. The zero-order valence-corrected chi connectivity index (χ0v) is 19.4. The molecule has 1 aliphatic carbocycles. The fourth-order valence-electron chi connectivity index (χ4n) is 3.72. The van der Waals surface area contributed by atoms with Crippen LogP contribution in [0.3, 0.4) is 0 Å². The van der Waals surface area contributed by atoms with Gasteiger partial charge >= 0.3 is 6.09 Å². The molecule has 1 saturated carbocycles. The number of carbonyl (C=O) groups is 1. The molecular weight excluding hydrogens is 368 g/mol. The van der Waals surface area contributed by atoms with Crippen molar-refractivity contribution < 1.29 is 14.6 Å². The molecule has 1 fully saturated rings. The number of nitrogens with zero attached hydrogens (tertiary/aromatic N) is 1. The second kappa shape index (κ2) is 12.9. The van der Waals surface area contributed by atoms with E-state index in [2.05, 4.69) is 36.7 Å². The van der Waals surface area contributed by atoms with Crippen LogP contribution in [-0.4, -0.2) is 54.5 Å². The van der Waals surface area contributed by atoms with Gasteiger partial charge in [0.1, 0.15) is 5.60 Å². The standard InChI is InChI=1S/C22H44N4O3/c1-7-23-20(24-15-17(12-13-27)14-16(2)3)25-18-8-10-19(11-9-18)26-21(28)29-22(4,5)6/h16-19,27H,7-15H2,1-6H3,(H,26,28)(H2,23,24,25). The number of hydrogen-bond acceptors (Lipinski definition) is 4. The maximum absolute atomic E-state index is 12.0. The maximum Gasteiger partial charge on any atom is 0.407 e. The van der Waals surface area contributed by atoms with Crippen molar-refractivity contribution in [3.63, 3.8) is 0 Å². The van der Waals surface area contributed by atoms with Gasteiger partial charge in [0, 0.05) is 31.8 Å². The molecule has 7 nitrogen and oxygen atoms in total. The van der Waals surface area contributed by atoms with Crippen LogP contribution in [0.2, 0.25) is 0 Å². The van der Waals surface area contributed by atoms with Crippen molar-refractivity contribution in [2.45, 2.75) is 97.8 Å². The number of ether oxygens (including phenoxy) is 1. The van der Waals surface area contributed by atoms with Gasteiger partial charge in [-0.3, -0.25) is 4.99 Å². The van der Waals surface area contributed by atoms with Crippen molar-refractivity contribution in [2.75, 3.05) is 19.7 Å². The summed E-state index contributed by atoms with van der Waals surface area (Å²) in [5.41, 5.74) is -0.469. The number of amides is 1. The minimum atomic E-state index is -0.469. The van der Waals surface area contributed by atoms with E-state index in [1.54, 1.807) is 0 Å². The molecule has 0 spiro atoms. The third-order valence-electron chi connectivity index (χ3n) is 4.98. The molecule has 0 aliphatic heterocycles. The largest absolute Gasteiger partial charge is 0.444 e. The van der Waals surface area contributed by atoms with E-state index in [1.165, 1.54) is 0 Å². The summed E-state index contributed by atoms with van der Waals surface area (Å²) in [6.45, 7) is 13.9. The maximum atomic E-state index is 12.0. The summed E-state index contributed by atoms with van der Waals surface area (Å²) in [7, 11) is 0. The molecule has 1 rings (SSSR count). The van der Waals surface area contributed by atoms with Gasteiger partial charge < -0.3 is 25.8 Å². The molecule has 29 heavy (non-hydrogen) atoms. The van der Waals surface area contributed by atoms with Crippen molar-refractivity contribution in [1.29, 1.82) is 0 Å². The van der Waals surface area contributed by atoms with Crippen LogP contribution in [0.5, 0.6) is 0 Å². The molecule has 0 bridgehead atoms. The second-order valence-corrected chi connectivity index (χ2v) is 9.57. The Morgan fingerprint density at radius 2 is 1.72 bits per heavy atom. The molecule has 0 saturated heterocycles. The normalized spacial score (nSPS) is 21.6. The molecule has 1 atom stereocenters. The number of aliphatic hydroxyl groups is 1. The zero-order valence-electron chi connectivity index (χ0n) is 19.4. The van der Waals surface area contributed by atoms with Crippen LogP contribution in [0, 0.1) is 11.8 Å². The summed E-state index contributed by atoms with van der Waals surface area (Å²) < 4.78 is 5.35. The highest BCUT2D eigenvalue weighted by Crippen LogP contribution is 2.20. The fourth-order valence-corrected chi connectivity index (χ4v) is 3.72. The van der Waals surface area contributed by atoms with Gasteiger partial charge in [0.05, 0.1) is 0 Å². The molecule has 0 heterocycles. The Bertz CT molecular complexity index is 495. The minimum Gasteiger partial charge on any atom is -0.444 e. The van der Waals surface area contributed by atoms with E-state index >= 15 is 0 Å². The lowest BCUT2D eigenvalue weighted by Crippen LogP contribution is -2.48. The Labute approximate surface area is 177 Å². The van der Waals surface area contributed by atoms with Crippen LogP contribution in [0.1, 0.15) is 80.1 Å². The van der Waals surface area contributed by atoms with Gasteiger partial charge in [-0.1, -0.05) is 13.8 Å². The third-order valence-corrected chi connectivity index (χ3v) is 4.98. The van der Waals surface area contributed by atoms with E-state index in [0.717, 1.165) is 57.6 Å². The van der Waals surface area contributed by atoms with Gasteiger partial charge in [-0.2, -0.15) is 0 Å². The summed E-state index contributed by atoms with van der Waals surface area (Å²) >= 11 is 0. The highest BCUT2D eigenvalue weighted by atomic mass is 16.6. The van der Waals surface area contributed by atoms with E-state index < -0.39 is 5.60 Å². The predicted octanol–water partition coefficient (Wildman–Crippen LogP) is 3.42. The average molecular weight is 413 g/mol. The van der Waals surface area contributed by atoms with Gasteiger partial charge in [-0.15, -0.1) is 0 Å². The van der Waals surface area contributed by atoms with Gasteiger partial charge in [0.15, 0.2) is 5.96 Å². The monoisotopic (exact) mass is 412 g/mol. The number of hydrogen-bond donors (Lipinski definition) is 4. The van der Waals surface area contributed by atoms with Crippen molar-refractivity contribution in [3.05, 3.63) is 0 Å². The van der Waals surface area contributed by atoms with Crippen LogP contribution in [-0.2, 0) is 4.74 Å². The number of nitrogens with one attached hydrogen (secondary N) is 3. The highest BCUT2D eigenvalue weighted by molar-refractivity contribution is 5.80. The summed E-state index contributed by atoms with van der Waals surface area (Å²) in [5, 5.41) is 19.2. The van der Waals surface area contributed by atoms with E-state index in [1.807, 2.05) is 20.8 Å². The smallest absolute Gasteiger partial charge is 0.407 e. The van der Waals surface area contributed by atoms with Crippen molar-refractivity contribution in [1.82, 2.24) is 16.0 Å². The first kappa shape index (κ1) is 25.5. The molecule has 4 N–H and O–H groups in total. The first-order valence-electron chi connectivity index (χ1n) is 11.3. The molecule has 0 radical (unpaired) electrons. The fraction of sp³-hybridized carbons (Fsp3) is 0.909. The van der Waals surface area contributed by atoms with E-state index in [9.17, 15) is 9.90 Å². The summed E-state index contributed by atoms with van der Waals surface area (Å²) in [4.78, 5) is 16.7. The van der Waals surface area contributed by atoms with E-state index in [0.29, 0.717) is 17.9 Å². The molecule has 1 aliphatic rings. The lowest BCUT2D eigenvalue weighted by atomic mass is 9.91.